The van der Waals surface area contributed by atoms with Crippen LogP contribution < -0.4 is 17.0 Å². The first kappa shape index (κ1) is 60.6. The average molecular weight is 275 g/mol. The molecule has 0 heterocycles. The monoisotopic (exact) mass is 274 g/mol. The molecule has 65 valence electrons. The first-order valence-electron chi connectivity index (χ1n) is 1.02. The third kappa shape index (κ3) is 8130. The Kier molecular flexibility index (Phi) is 56300. The summed E-state index contributed by atoms with van der Waals surface area (Å²) >= 11 is 0. The molecule has 0 aliphatic heterocycles. The normalized spacial score (nSPS) is 0.833. The summed E-state index contributed by atoms with van der Waals surface area (Å²) in [6.45, 7) is 22.5. The number of hydrogen-bond donors (Lipinski definition) is 0. The van der Waals surface area contributed by atoms with E-state index in [0.29, 0.717) is 0 Å². The smallest absolute Gasteiger partial charge is 0 e. The fourth-order valence-electron chi connectivity index (χ4n) is 0. The summed E-state index contributed by atoms with van der Waals surface area (Å²) in [4.78, 5) is 0. The molecule has 0 aliphatic rings. The molecule has 0 aromatic rings. The van der Waals surface area contributed by atoms with Gasteiger partial charge in [-0.05, 0) is 0 Å². The van der Waals surface area contributed by atoms with Crippen molar-refractivity contribution >= 4 is 0 Å². The molecular weight excluding hydrogens is 275 g/mol. The molecule has 0 aromatic heterocycles. The molecule has 5 nitrogen and oxygen atoms in total. The molecule has 0 unspecified atom stereocenters. The molecule has 12 heavy (non-hydrogen) atoms. The van der Waals surface area contributed by atoms with Crippen LogP contribution in [0.2, 0.25) is 0 Å². The fourth-order valence-corrected chi connectivity index (χ4v) is 0. The minimum Gasteiger partial charge on any atom is 0 e. The molecule has 0 saturated carbocycles. The summed E-state index contributed by atoms with van der Waals surface area (Å²) in [5, 5.41) is 0. The maximum absolute atomic E-state index is 7.50. The van der Waals surface area contributed by atoms with Crippen LogP contribution in [0, 0.1) is 33.3 Å². The van der Waals surface area contributed by atoms with E-state index in [1.54, 1.807) is 0 Å². The first-order valence-corrected chi connectivity index (χ1v) is 1.02. The van der Waals surface area contributed by atoms with Crippen molar-refractivity contribution in [3.8, 4) is 0 Å². The molecule has 0 aromatic carbocycles. The predicted molar refractivity (Wildman–Crippen MR) is 19.6 cm³/mol. The quantitative estimate of drug-likeness (QED) is 0.253. The van der Waals surface area contributed by atoms with Gasteiger partial charge in [0.05, 0.1) is 0 Å². The molecule has 0 atom stereocenters. The zero-order chi connectivity index (χ0) is 10.0. The van der Waals surface area contributed by atoms with Gasteiger partial charge >= 0.3 is 56.5 Å². The summed E-state index contributed by atoms with van der Waals surface area (Å²) < 4.78 is 37.5. The summed E-state index contributed by atoms with van der Waals surface area (Å²) in [6, 6.07) is 0. The summed E-state index contributed by atoms with van der Waals surface area (Å²) in [5.41, 5.74) is 0. The van der Waals surface area contributed by atoms with Crippen LogP contribution in [0.5, 0.6) is 0 Å². The van der Waals surface area contributed by atoms with Gasteiger partial charge in [0.15, 0.2) is 0 Å². The third-order valence-electron chi connectivity index (χ3n) is 0. The Bertz CT molecular complexity index is 78.4. The van der Waals surface area contributed by atoms with Gasteiger partial charge in [0, 0.05) is 17.1 Å². The Balaban J connectivity index is -0.00000000500. The average Bonchev–Trinajstić information content (AvgIpc) is 2.20. The van der Waals surface area contributed by atoms with Crippen LogP contribution in [-0.4, -0.2) is 0 Å². The minimum atomic E-state index is 0. The van der Waals surface area contributed by atoms with Crippen molar-refractivity contribution < 1.29 is 57.3 Å². The number of rotatable bonds is 0. The van der Waals surface area contributed by atoms with Crippen LogP contribution in [0.4, 0.5) is 0 Å². The van der Waals surface area contributed by atoms with Crippen LogP contribution in [0.15, 0.2) is 0 Å². The summed E-state index contributed by atoms with van der Waals surface area (Å²) in [6.07, 6.45) is 0. The van der Waals surface area contributed by atoms with E-state index in [-0.39, 0.29) is 34.1 Å². The van der Waals surface area contributed by atoms with E-state index in [0.717, 1.165) is 0 Å². The van der Waals surface area contributed by atoms with Gasteiger partial charge in [0.2, 0.25) is 0 Å². The zero-order valence-electron chi connectivity index (χ0n) is 5.30. The summed E-state index contributed by atoms with van der Waals surface area (Å²) in [7, 11) is 0. The molecule has 7 heteroatoms. The standard InChI is InChI=1S/5CO.BrH.Mn/c5*1-2;;/h;;;;;1H;/p-1. The Morgan fingerprint density at radius 2 is 0.417 bits per heavy atom. The van der Waals surface area contributed by atoms with E-state index in [9.17, 15) is 0 Å². The van der Waals surface area contributed by atoms with Crippen LogP contribution in [-0.2, 0) is 40.3 Å². The van der Waals surface area contributed by atoms with Crippen LogP contribution in [0.3, 0.4) is 0 Å². The second-order valence-corrected chi connectivity index (χ2v) is 0. The molecule has 0 rings (SSSR count). The SMILES string of the molecule is [Br-].[C-]#[O+].[C-]#[O+].[C-]#[O+].[C-]#[O+].[C-]#[O+].[Mn]. The molecule has 0 spiro atoms. The van der Waals surface area contributed by atoms with Gasteiger partial charge in [-0.25, -0.2) is 0 Å². The van der Waals surface area contributed by atoms with Crippen LogP contribution in [0.1, 0.15) is 0 Å². The Hall–Kier alpha value is -0.301. The van der Waals surface area contributed by atoms with Gasteiger partial charge in [-0.1, -0.05) is 0 Å². The second-order valence-electron chi connectivity index (χ2n) is 0. The Morgan fingerprint density at radius 1 is 0.417 bits per heavy atom. The minimum absolute atomic E-state index is 0. The van der Waals surface area contributed by atoms with Crippen molar-refractivity contribution in [1.29, 1.82) is 0 Å². The predicted octanol–water partition coefficient (Wildman–Crippen LogP) is -3.19. The third-order valence-corrected chi connectivity index (χ3v) is 0. The van der Waals surface area contributed by atoms with Gasteiger partial charge in [-0.2, -0.15) is 0 Å². The van der Waals surface area contributed by atoms with Crippen LogP contribution >= 0.6 is 0 Å². The van der Waals surface area contributed by atoms with Crippen molar-refractivity contribution in [2.45, 2.75) is 0 Å². The summed E-state index contributed by atoms with van der Waals surface area (Å²) in [5.74, 6) is 0. The van der Waals surface area contributed by atoms with E-state index in [4.69, 9.17) is 23.3 Å². The fraction of sp³-hybridized carbons (Fsp3) is 0. The number of halogens is 1. The van der Waals surface area contributed by atoms with Gasteiger partial charge in [0.1, 0.15) is 0 Å². The molecule has 0 saturated heterocycles. The molecular formula is C5BrMnO5-. The molecule has 0 fully saturated rings. The van der Waals surface area contributed by atoms with Crippen molar-refractivity contribution in [2.24, 2.45) is 0 Å². The van der Waals surface area contributed by atoms with Crippen LogP contribution in [0.25, 0.3) is 0 Å². The van der Waals surface area contributed by atoms with Crippen molar-refractivity contribution in [1.82, 2.24) is 0 Å². The van der Waals surface area contributed by atoms with E-state index in [1.807, 2.05) is 0 Å². The largest absolute Gasteiger partial charge is 0 e. The van der Waals surface area contributed by atoms with Crippen molar-refractivity contribution in [3.63, 3.8) is 0 Å². The molecule has 0 amide bonds. The van der Waals surface area contributed by atoms with Gasteiger partial charge < -0.3 is 17.0 Å². The second kappa shape index (κ2) is 11100. The molecule has 0 N–H and O–H groups in total. The van der Waals surface area contributed by atoms with Gasteiger partial charge in [0.25, 0.3) is 0 Å². The maximum atomic E-state index is 7.50. The van der Waals surface area contributed by atoms with Gasteiger partial charge in [-0.3, -0.25) is 0 Å². The van der Waals surface area contributed by atoms with Crippen molar-refractivity contribution in [3.05, 3.63) is 33.3 Å². The van der Waals surface area contributed by atoms with E-state index < -0.39 is 0 Å². The van der Waals surface area contributed by atoms with Gasteiger partial charge in [-0.15, -0.1) is 0 Å². The van der Waals surface area contributed by atoms with E-state index in [2.05, 4.69) is 33.3 Å². The Morgan fingerprint density at radius 3 is 0.417 bits per heavy atom. The molecule has 1 radical (unpaired) electrons. The maximum Gasteiger partial charge on any atom is 0 e. The zero-order valence-corrected chi connectivity index (χ0v) is 8.06. The first-order chi connectivity index (χ1) is 5.00. The number of hydrogen-bond acceptors (Lipinski definition) is 0. The van der Waals surface area contributed by atoms with E-state index in [1.165, 1.54) is 0 Å². The molecule has 0 bridgehead atoms. The van der Waals surface area contributed by atoms with Crippen molar-refractivity contribution in [2.75, 3.05) is 0 Å². The topological polar surface area (TPSA) is 99.5 Å². The molecule has 0 aliphatic carbocycles. The van der Waals surface area contributed by atoms with E-state index >= 15 is 0 Å². The Labute approximate surface area is 90.7 Å².